The first-order valence-corrected chi connectivity index (χ1v) is 6.48. The highest BCUT2D eigenvalue weighted by atomic mass is 16.5. The minimum atomic E-state index is -0.829. The van der Waals surface area contributed by atoms with E-state index in [1.165, 1.54) is 6.20 Å². The largest absolute Gasteiger partial charge is 0.481 e. The van der Waals surface area contributed by atoms with Crippen molar-refractivity contribution < 1.29 is 19.2 Å². The van der Waals surface area contributed by atoms with Gasteiger partial charge in [-0.05, 0) is 18.3 Å². The lowest BCUT2D eigenvalue weighted by molar-refractivity contribution is -0.140. The van der Waals surface area contributed by atoms with Crippen LogP contribution in [0.1, 0.15) is 44.3 Å². The molecule has 0 bridgehead atoms. The maximum absolute atomic E-state index is 11.9. The molecule has 6 nitrogen and oxygen atoms in total. The fraction of sp³-hybridized carbons (Fsp3) is 0.615. The van der Waals surface area contributed by atoms with Gasteiger partial charge in [-0.2, -0.15) is 0 Å². The van der Waals surface area contributed by atoms with Crippen LogP contribution in [-0.2, 0) is 16.1 Å². The Balaban J connectivity index is 1.86. The van der Waals surface area contributed by atoms with E-state index in [0.717, 1.165) is 25.7 Å². The van der Waals surface area contributed by atoms with E-state index in [1.807, 2.05) is 0 Å². The zero-order valence-electron chi connectivity index (χ0n) is 10.7. The number of carboxylic acids is 1. The second-order valence-electron chi connectivity index (χ2n) is 5.21. The third kappa shape index (κ3) is 3.81. The van der Waals surface area contributed by atoms with Crippen molar-refractivity contribution in [3.8, 4) is 0 Å². The Bertz CT molecular complexity index is 436. The number of rotatable bonds is 6. The molecule has 1 aliphatic rings. The van der Waals surface area contributed by atoms with E-state index in [0.29, 0.717) is 12.3 Å². The van der Waals surface area contributed by atoms with Crippen molar-refractivity contribution in [2.75, 3.05) is 0 Å². The lowest BCUT2D eigenvalue weighted by Gasteiger charge is -2.26. The Morgan fingerprint density at radius 1 is 1.37 bits per heavy atom. The van der Waals surface area contributed by atoms with E-state index in [-0.39, 0.29) is 24.2 Å². The van der Waals surface area contributed by atoms with Crippen molar-refractivity contribution in [1.82, 2.24) is 10.5 Å². The van der Waals surface area contributed by atoms with Gasteiger partial charge >= 0.3 is 5.97 Å². The average molecular weight is 266 g/mol. The molecule has 1 saturated carbocycles. The number of hydrogen-bond donors (Lipinski definition) is 2. The van der Waals surface area contributed by atoms with Gasteiger partial charge < -0.3 is 14.9 Å². The van der Waals surface area contributed by atoms with Gasteiger partial charge in [0.2, 0.25) is 5.91 Å². The van der Waals surface area contributed by atoms with Gasteiger partial charge in [-0.3, -0.25) is 9.59 Å². The van der Waals surface area contributed by atoms with Gasteiger partial charge in [0.15, 0.2) is 5.76 Å². The Morgan fingerprint density at radius 3 is 2.68 bits per heavy atom. The summed E-state index contributed by atoms with van der Waals surface area (Å²) in [4.78, 5) is 22.8. The van der Waals surface area contributed by atoms with E-state index >= 15 is 0 Å². The monoisotopic (exact) mass is 266 g/mol. The molecule has 0 unspecified atom stereocenters. The first-order valence-electron chi connectivity index (χ1n) is 6.48. The number of hydrogen-bond acceptors (Lipinski definition) is 4. The minimum absolute atomic E-state index is 0.0722. The number of nitrogens with one attached hydrogen (secondary N) is 1. The third-order valence-electron chi connectivity index (χ3n) is 3.68. The summed E-state index contributed by atoms with van der Waals surface area (Å²) >= 11 is 0. The van der Waals surface area contributed by atoms with Crippen LogP contribution in [0.4, 0.5) is 0 Å². The summed E-state index contributed by atoms with van der Waals surface area (Å²) in [5, 5.41) is 15.3. The van der Waals surface area contributed by atoms with Crippen LogP contribution in [0.2, 0.25) is 0 Å². The van der Waals surface area contributed by atoms with Crippen LogP contribution in [0.3, 0.4) is 0 Å². The molecule has 1 heterocycles. The van der Waals surface area contributed by atoms with Crippen LogP contribution in [0.25, 0.3) is 0 Å². The SMILES string of the molecule is O=C(O)CC1(CC(=O)NCc2ccno2)CCCC1. The van der Waals surface area contributed by atoms with E-state index < -0.39 is 5.97 Å². The van der Waals surface area contributed by atoms with E-state index in [2.05, 4.69) is 10.5 Å². The van der Waals surface area contributed by atoms with Gasteiger partial charge in [0, 0.05) is 12.5 Å². The lowest BCUT2D eigenvalue weighted by Crippen LogP contribution is -2.31. The fourth-order valence-corrected chi connectivity index (χ4v) is 2.78. The van der Waals surface area contributed by atoms with E-state index in [4.69, 9.17) is 9.63 Å². The fourth-order valence-electron chi connectivity index (χ4n) is 2.78. The summed E-state index contributed by atoms with van der Waals surface area (Å²) in [6, 6.07) is 1.68. The lowest BCUT2D eigenvalue weighted by atomic mass is 9.79. The zero-order chi connectivity index (χ0) is 13.7. The maximum Gasteiger partial charge on any atom is 0.303 e. The first-order chi connectivity index (χ1) is 9.10. The molecule has 19 heavy (non-hydrogen) atoms. The molecule has 0 radical (unpaired) electrons. The number of aromatic nitrogens is 1. The Labute approximate surface area is 111 Å². The predicted molar refractivity (Wildman–Crippen MR) is 66.1 cm³/mol. The second kappa shape index (κ2) is 5.86. The molecule has 0 atom stereocenters. The van der Waals surface area contributed by atoms with Gasteiger partial charge in [0.25, 0.3) is 0 Å². The topological polar surface area (TPSA) is 92.4 Å². The highest BCUT2D eigenvalue weighted by molar-refractivity contribution is 5.78. The number of carbonyl (C=O) groups excluding carboxylic acids is 1. The maximum atomic E-state index is 11.9. The number of nitrogens with zero attached hydrogens (tertiary/aromatic N) is 1. The van der Waals surface area contributed by atoms with Crippen LogP contribution < -0.4 is 5.32 Å². The van der Waals surface area contributed by atoms with Gasteiger partial charge in [-0.25, -0.2) is 0 Å². The minimum Gasteiger partial charge on any atom is -0.481 e. The Kier molecular flexibility index (Phi) is 4.19. The number of aliphatic carboxylic acids is 1. The second-order valence-corrected chi connectivity index (χ2v) is 5.21. The molecule has 6 heteroatoms. The number of carbonyl (C=O) groups is 2. The zero-order valence-corrected chi connectivity index (χ0v) is 10.7. The highest BCUT2D eigenvalue weighted by Crippen LogP contribution is 2.43. The van der Waals surface area contributed by atoms with Crippen LogP contribution in [0.15, 0.2) is 16.8 Å². The smallest absolute Gasteiger partial charge is 0.303 e. The molecule has 1 aliphatic carbocycles. The van der Waals surface area contributed by atoms with Crippen molar-refractivity contribution in [1.29, 1.82) is 0 Å². The summed E-state index contributed by atoms with van der Waals surface area (Å²) in [7, 11) is 0. The highest BCUT2D eigenvalue weighted by Gasteiger charge is 2.37. The molecular formula is C13H18N2O4. The molecule has 2 rings (SSSR count). The molecule has 0 aromatic carbocycles. The van der Waals surface area contributed by atoms with Crippen molar-refractivity contribution in [3.63, 3.8) is 0 Å². The number of carboxylic acid groups (broad SMARTS) is 1. The molecule has 1 fully saturated rings. The first kappa shape index (κ1) is 13.6. The van der Waals surface area contributed by atoms with Gasteiger partial charge in [-0.15, -0.1) is 0 Å². The van der Waals surface area contributed by atoms with Crippen LogP contribution in [-0.4, -0.2) is 22.1 Å². The molecule has 1 aromatic rings. The normalized spacial score (nSPS) is 17.3. The Morgan fingerprint density at radius 2 is 2.11 bits per heavy atom. The molecule has 1 amide bonds. The van der Waals surface area contributed by atoms with Crippen LogP contribution in [0, 0.1) is 5.41 Å². The number of amides is 1. The molecule has 0 saturated heterocycles. The van der Waals surface area contributed by atoms with Crippen LogP contribution >= 0.6 is 0 Å². The molecule has 2 N–H and O–H groups in total. The quantitative estimate of drug-likeness (QED) is 0.817. The van der Waals surface area contributed by atoms with E-state index in [9.17, 15) is 9.59 Å². The third-order valence-corrected chi connectivity index (χ3v) is 3.68. The standard InChI is InChI=1S/C13H18N2O4/c16-11(14-9-10-3-6-15-19-10)7-13(8-12(17)18)4-1-2-5-13/h3,6H,1-2,4-5,7-9H2,(H,14,16)(H,17,18). The summed E-state index contributed by atoms with van der Waals surface area (Å²) in [6.45, 7) is 0.294. The van der Waals surface area contributed by atoms with Gasteiger partial charge in [0.05, 0.1) is 19.2 Å². The van der Waals surface area contributed by atoms with Crippen molar-refractivity contribution >= 4 is 11.9 Å². The summed E-state index contributed by atoms with van der Waals surface area (Å²) < 4.78 is 4.88. The molecule has 104 valence electrons. The van der Waals surface area contributed by atoms with Crippen molar-refractivity contribution in [2.24, 2.45) is 5.41 Å². The average Bonchev–Trinajstić information content (AvgIpc) is 2.97. The Hall–Kier alpha value is -1.85. The van der Waals surface area contributed by atoms with Gasteiger partial charge in [0.1, 0.15) is 0 Å². The van der Waals surface area contributed by atoms with E-state index in [1.54, 1.807) is 6.07 Å². The summed E-state index contributed by atoms with van der Waals surface area (Å²) in [5.74, 6) is -0.364. The molecule has 0 aliphatic heterocycles. The predicted octanol–water partition coefficient (Wildman–Crippen LogP) is 1.72. The van der Waals surface area contributed by atoms with Gasteiger partial charge in [-0.1, -0.05) is 18.0 Å². The summed E-state index contributed by atoms with van der Waals surface area (Å²) in [5.41, 5.74) is -0.364. The molecular weight excluding hydrogens is 248 g/mol. The summed E-state index contributed by atoms with van der Waals surface area (Å²) in [6.07, 6.45) is 5.50. The molecule has 1 aromatic heterocycles. The van der Waals surface area contributed by atoms with Crippen molar-refractivity contribution in [2.45, 2.75) is 45.1 Å². The van der Waals surface area contributed by atoms with Crippen LogP contribution in [0.5, 0.6) is 0 Å². The molecule has 0 spiro atoms. The van der Waals surface area contributed by atoms with Crippen molar-refractivity contribution in [3.05, 3.63) is 18.0 Å².